The Hall–Kier alpha value is -3.52. The molecule has 31 heteroatoms. The predicted molar refractivity (Wildman–Crippen MR) is 269 cm³/mol. The fourth-order valence-electron chi connectivity index (χ4n) is 6.48. The number of nitrogens with one attached hydrogen (secondary N) is 1. The number of phosphoric ester groups is 1. The minimum Gasteiger partial charge on any atom is -0.456 e. The third kappa shape index (κ3) is 19.0. The van der Waals surface area contributed by atoms with E-state index in [4.69, 9.17) is 49.5 Å². The number of nitrogens with zero attached hydrogens (tertiary/aromatic N) is 3. The number of carbonyl (C=O) groups is 3. The number of fused-ring (bicyclic) bond motifs is 1. The third-order valence-electron chi connectivity index (χ3n) is 9.35. The van der Waals surface area contributed by atoms with Gasteiger partial charge in [0, 0.05) is 35.9 Å². The van der Waals surface area contributed by atoms with E-state index in [1.54, 1.807) is 24.3 Å². The largest absolute Gasteiger partial charge is 0.490 e. The van der Waals surface area contributed by atoms with Gasteiger partial charge in [0.25, 0.3) is 0 Å². The molecule has 71 heavy (non-hydrogen) atoms. The summed E-state index contributed by atoms with van der Waals surface area (Å²) in [6.45, 7) is 7.13. The van der Waals surface area contributed by atoms with Crippen LogP contribution in [-0.4, -0.2) is 128 Å². The first-order valence-corrected chi connectivity index (χ1v) is 30.5. The van der Waals surface area contributed by atoms with Crippen LogP contribution in [-0.2, 0) is 60.1 Å². The van der Waals surface area contributed by atoms with E-state index in [0.717, 1.165) is 0 Å². The van der Waals surface area contributed by atoms with Crippen molar-refractivity contribution in [2.75, 3.05) is 64.4 Å². The van der Waals surface area contributed by atoms with Gasteiger partial charge in [0.2, 0.25) is 5.91 Å². The van der Waals surface area contributed by atoms with Gasteiger partial charge in [-0.15, -0.1) is 0 Å². The molecule has 0 saturated carbocycles. The fraction of sp³-hybridized carbons (Fsp3) is 0.425. The summed E-state index contributed by atoms with van der Waals surface area (Å²) in [6, 6.07) is 6.71. The van der Waals surface area contributed by atoms with Gasteiger partial charge in [0.05, 0.1) is 48.5 Å². The second-order valence-corrected chi connectivity index (χ2v) is 24.3. The van der Waals surface area contributed by atoms with Gasteiger partial charge in [-0.3, -0.25) is 9.32 Å². The summed E-state index contributed by atoms with van der Waals surface area (Å²) in [5, 5.41) is 2.41. The maximum absolute atomic E-state index is 13.8. The second kappa shape index (κ2) is 28.8. The highest BCUT2D eigenvalue weighted by Gasteiger charge is 2.45. The monoisotopic (exact) mass is 1130 g/mol. The highest BCUT2D eigenvalue weighted by atomic mass is 33.1. The highest BCUT2D eigenvalue weighted by Crippen LogP contribution is 2.66. The molecule has 0 spiro atoms. The summed E-state index contributed by atoms with van der Waals surface area (Å²) in [4.78, 5) is 86.1. The Balaban J connectivity index is 1.61. The Morgan fingerprint density at radius 2 is 1.75 bits per heavy atom. The zero-order valence-corrected chi connectivity index (χ0v) is 44.4. The normalized spacial score (nSPS) is 18.9. The average Bonchev–Trinajstić information content (AvgIpc) is 3.88. The van der Waals surface area contributed by atoms with Crippen LogP contribution in [0.2, 0.25) is 0 Å². The zero-order chi connectivity index (χ0) is 52.4. The number of carbonyl (C=O) groups excluding carboxylic acids is 3. The first kappa shape index (κ1) is 60.0. The fourth-order valence-corrected chi connectivity index (χ4v) is 13.1. The number of ether oxygens (including phenoxy) is 5. The van der Waals surface area contributed by atoms with Crippen LogP contribution in [0, 0.1) is 11.8 Å². The number of rotatable bonds is 28. The van der Waals surface area contributed by atoms with E-state index in [1.807, 2.05) is 26.4 Å². The number of allylic oxidation sites excluding steroid dienone is 1. The van der Waals surface area contributed by atoms with Crippen molar-refractivity contribution >= 4 is 101 Å². The van der Waals surface area contributed by atoms with Gasteiger partial charge >= 0.3 is 35.4 Å². The molecule has 0 aliphatic carbocycles. The molecule has 2 aromatic heterocycles. The molecule has 7 atom stereocenters. The van der Waals surface area contributed by atoms with E-state index < -0.39 is 73.0 Å². The first-order valence-electron chi connectivity index (χ1n) is 20.7. The van der Waals surface area contributed by atoms with E-state index in [-0.39, 0.29) is 70.3 Å². The van der Waals surface area contributed by atoms with E-state index in [1.165, 1.54) is 78.6 Å². The Kier molecular flexibility index (Phi) is 24.4. The van der Waals surface area contributed by atoms with Crippen molar-refractivity contribution in [1.82, 2.24) is 19.9 Å². The van der Waals surface area contributed by atoms with Crippen molar-refractivity contribution in [3.63, 3.8) is 0 Å². The Labute approximate surface area is 424 Å². The molecule has 3 aromatic rings. The number of hydrogen-bond donors (Lipinski definition) is 7. The van der Waals surface area contributed by atoms with Crippen LogP contribution in [0.25, 0.3) is 11.0 Å². The summed E-state index contributed by atoms with van der Waals surface area (Å²) in [5.41, 5.74) is 13.6. The van der Waals surface area contributed by atoms with E-state index in [0.29, 0.717) is 24.3 Å². The number of aromatic nitrogens is 3. The summed E-state index contributed by atoms with van der Waals surface area (Å²) in [6.07, 6.45) is 6.65. The molecular weight excluding hydrogens is 1070 g/mol. The van der Waals surface area contributed by atoms with Crippen LogP contribution >= 0.6 is 66.6 Å². The maximum Gasteiger partial charge on any atom is 0.490 e. The van der Waals surface area contributed by atoms with E-state index in [9.17, 15) is 37.9 Å². The first-order chi connectivity index (χ1) is 33.6. The minimum atomic E-state index is -5.87. The molecule has 1 aliphatic rings. The Morgan fingerprint density at radius 3 is 2.44 bits per heavy atom. The lowest BCUT2D eigenvalue weighted by Crippen LogP contribution is -2.31. The van der Waals surface area contributed by atoms with Crippen molar-refractivity contribution in [3.8, 4) is 11.8 Å². The molecule has 390 valence electrons. The van der Waals surface area contributed by atoms with Gasteiger partial charge in [-0.1, -0.05) is 85.9 Å². The van der Waals surface area contributed by atoms with Crippen LogP contribution in [0.4, 0.5) is 5.82 Å². The van der Waals surface area contributed by atoms with Gasteiger partial charge in [-0.2, -0.15) is 8.62 Å². The number of amides is 1. The highest BCUT2D eigenvalue weighted by molar-refractivity contribution is 8.76. The standard InChI is InChI=1S/C40H53N6O18P3S4/c1-6-28(25(2)70-68-4)31(13-15-43-34(47)23-58-19-18-57-17-14-41)39(48)59-16-9-10-27-21-46(38-36(27)37(42)44-24-45-38)35-20-32(62-40(49)30-12-8-7-11-29(30)26(3)71-69-5)33(61-35)22-60-66(53,54)64-67(55,56)63-65(50,51)52/h6-8,11-13,15,21,24-26,32-33,35H,1,14,16-20,22-23,41H2,2-5H3,(H,43,47)(H,53,54)(H,55,56)(H2,42,44,45)(H2,50,51,52)/b15-13-,31-28-/t25?,26?,32-,33?,35-/m1/s1. The molecule has 0 bridgehead atoms. The van der Waals surface area contributed by atoms with Gasteiger partial charge in [-0.05, 0) is 49.6 Å². The third-order valence-corrected chi connectivity index (χ3v) is 17.5. The summed E-state index contributed by atoms with van der Waals surface area (Å²) >= 11 is 0. The van der Waals surface area contributed by atoms with Gasteiger partial charge in [0.15, 0.2) is 6.61 Å². The predicted octanol–water partition coefficient (Wildman–Crippen LogP) is 5.34. The molecule has 0 radical (unpaired) electrons. The number of nitrogens with two attached hydrogens (primary N) is 2. The molecule has 4 rings (SSSR count). The smallest absolute Gasteiger partial charge is 0.456 e. The molecule has 1 aliphatic heterocycles. The molecule has 1 amide bonds. The number of hydrogen-bond acceptors (Lipinski definition) is 22. The van der Waals surface area contributed by atoms with Gasteiger partial charge in [0.1, 0.15) is 42.8 Å². The van der Waals surface area contributed by atoms with Crippen LogP contribution in [0.3, 0.4) is 0 Å². The lowest BCUT2D eigenvalue weighted by molar-refractivity contribution is -0.137. The molecule has 1 saturated heterocycles. The van der Waals surface area contributed by atoms with Crippen molar-refractivity contribution in [1.29, 1.82) is 0 Å². The van der Waals surface area contributed by atoms with E-state index >= 15 is 0 Å². The number of esters is 2. The SMILES string of the molecule is C=C/C(=C(\C=C/NC(=O)COCCOCCN)C(=O)OCC#Cc1cn([C@H]2C[C@@H](OC(=O)c3ccccc3C(C)SSC)C(COP(=O)(O)OP(=O)(O)OP(=O)(O)O)O2)c2ncnc(N)c12)C(C)SSC. The molecule has 5 unspecified atom stereocenters. The van der Waals surface area contributed by atoms with E-state index in [2.05, 4.69) is 42.3 Å². The molecule has 3 heterocycles. The summed E-state index contributed by atoms with van der Waals surface area (Å²) in [5.74, 6) is 3.62. The Bertz CT molecular complexity index is 2630. The van der Waals surface area contributed by atoms with Crippen LogP contribution in [0.15, 0.2) is 72.9 Å². The van der Waals surface area contributed by atoms with Crippen molar-refractivity contribution < 1.29 is 84.5 Å². The molecular formula is C40H53N6O18P3S4. The quantitative estimate of drug-likeness (QED) is 0.00917. The topological polar surface area (TPSA) is 352 Å². The van der Waals surface area contributed by atoms with Crippen LogP contribution < -0.4 is 16.8 Å². The lowest BCUT2D eigenvalue weighted by atomic mass is 10.0. The number of anilines is 1. The van der Waals surface area contributed by atoms with Crippen LogP contribution in [0.5, 0.6) is 0 Å². The summed E-state index contributed by atoms with van der Waals surface area (Å²) < 4.78 is 78.3. The van der Waals surface area contributed by atoms with Crippen molar-refractivity contribution in [3.05, 3.63) is 89.6 Å². The summed E-state index contributed by atoms with van der Waals surface area (Å²) in [7, 11) is -11.3. The second-order valence-electron chi connectivity index (χ2n) is 14.3. The molecule has 9 N–H and O–H groups in total. The minimum absolute atomic E-state index is 0.00675. The van der Waals surface area contributed by atoms with Gasteiger partial charge in [-0.25, -0.2) is 33.3 Å². The van der Waals surface area contributed by atoms with Crippen molar-refractivity contribution in [2.24, 2.45) is 5.73 Å². The molecule has 24 nitrogen and oxygen atoms in total. The Morgan fingerprint density at radius 1 is 1.03 bits per heavy atom. The lowest BCUT2D eigenvalue weighted by Gasteiger charge is -2.22. The number of nitrogen functional groups attached to an aromatic ring is 1. The van der Waals surface area contributed by atoms with Gasteiger partial charge < -0.3 is 64.6 Å². The van der Waals surface area contributed by atoms with Crippen LogP contribution in [0.1, 0.15) is 53.2 Å². The molecule has 1 aromatic carbocycles. The average molecular weight is 1130 g/mol. The maximum atomic E-state index is 13.8. The zero-order valence-electron chi connectivity index (χ0n) is 38.4. The number of phosphoric acid groups is 3. The van der Waals surface area contributed by atoms with Crippen molar-refractivity contribution in [2.45, 2.75) is 49.2 Å². The number of benzene rings is 1. The molecule has 1 fully saturated rings.